The molecule has 2 aliphatic rings. The molecule has 2 nitrogen and oxygen atoms in total. The molecular formula is C15H36N2. The molecule has 0 aromatic rings. The number of hydrogen-bond donors (Lipinski definition) is 1. The number of likely N-dealkylation sites (tertiary alicyclic amines) is 1. The highest BCUT2D eigenvalue weighted by Crippen LogP contribution is 2.47. The first kappa shape index (κ1) is 19.3. The number of rotatable bonds is 2. The van der Waals surface area contributed by atoms with Crippen molar-refractivity contribution in [2.75, 3.05) is 26.7 Å². The van der Waals surface area contributed by atoms with E-state index < -0.39 is 0 Å². The molecular weight excluding hydrogens is 208 g/mol. The van der Waals surface area contributed by atoms with Crippen LogP contribution in [0.25, 0.3) is 0 Å². The van der Waals surface area contributed by atoms with Gasteiger partial charge in [0, 0.05) is 19.1 Å². The molecule has 0 aromatic carbocycles. The van der Waals surface area contributed by atoms with Gasteiger partial charge in [-0.2, -0.15) is 0 Å². The van der Waals surface area contributed by atoms with E-state index in [0.717, 1.165) is 11.5 Å². The lowest BCUT2D eigenvalue weighted by molar-refractivity contribution is -0.0743. The van der Waals surface area contributed by atoms with Crippen LogP contribution in [0, 0.1) is 5.41 Å². The molecule has 1 heterocycles. The number of hydrogen-bond acceptors (Lipinski definition) is 2. The quantitative estimate of drug-likeness (QED) is 0.795. The van der Waals surface area contributed by atoms with Gasteiger partial charge in [-0.15, -0.1) is 0 Å². The topological polar surface area (TPSA) is 15.3 Å². The molecule has 1 N–H and O–H groups in total. The molecule has 1 saturated heterocycles. The fourth-order valence-electron chi connectivity index (χ4n) is 2.57. The molecule has 17 heavy (non-hydrogen) atoms. The van der Waals surface area contributed by atoms with Gasteiger partial charge in [0.2, 0.25) is 0 Å². The van der Waals surface area contributed by atoms with Crippen LogP contribution in [0.15, 0.2) is 0 Å². The van der Waals surface area contributed by atoms with Crippen molar-refractivity contribution >= 4 is 0 Å². The Hall–Kier alpha value is -0.0800. The molecule has 2 heteroatoms. The van der Waals surface area contributed by atoms with Crippen LogP contribution in [0.5, 0.6) is 0 Å². The summed E-state index contributed by atoms with van der Waals surface area (Å²) in [5, 5.41) is 3.34. The van der Waals surface area contributed by atoms with E-state index in [1.807, 2.05) is 41.5 Å². The van der Waals surface area contributed by atoms with Gasteiger partial charge >= 0.3 is 0 Å². The Kier molecular flexibility index (Phi) is 12.5. The summed E-state index contributed by atoms with van der Waals surface area (Å²) < 4.78 is 0. The predicted molar refractivity (Wildman–Crippen MR) is 80.7 cm³/mol. The van der Waals surface area contributed by atoms with Gasteiger partial charge < -0.3 is 10.2 Å². The van der Waals surface area contributed by atoms with Crippen molar-refractivity contribution in [3.63, 3.8) is 0 Å². The maximum absolute atomic E-state index is 3.34. The van der Waals surface area contributed by atoms with Crippen LogP contribution in [-0.4, -0.2) is 37.6 Å². The minimum atomic E-state index is 0.754. The molecule has 0 atom stereocenters. The van der Waals surface area contributed by atoms with Crippen LogP contribution >= 0.6 is 0 Å². The zero-order chi connectivity index (χ0) is 13.9. The molecule has 2 fully saturated rings. The van der Waals surface area contributed by atoms with Gasteiger partial charge in [-0.1, -0.05) is 48.5 Å². The van der Waals surface area contributed by atoms with E-state index in [2.05, 4.69) is 24.2 Å². The largest absolute Gasteiger partial charge is 0.317 e. The first-order valence-corrected chi connectivity index (χ1v) is 7.68. The zero-order valence-corrected chi connectivity index (χ0v) is 13.6. The second-order valence-corrected chi connectivity index (χ2v) is 4.20. The maximum Gasteiger partial charge on any atom is 0.00765 e. The lowest BCUT2D eigenvalue weighted by atomic mass is 9.61. The van der Waals surface area contributed by atoms with Crippen LogP contribution in [0.2, 0.25) is 0 Å². The smallest absolute Gasteiger partial charge is 0.00765 e. The second-order valence-electron chi connectivity index (χ2n) is 4.20. The third kappa shape index (κ3) is 5.39. The summed E-state index contributed by atoms with van der Waals surface area (Å²) in [7, 11) is 2.08. The third-order valence-corrected chi connectivity index (χ3v) is 3.33. The van der Waals surface area contributed by atoms with E-state index in [-0.39, 0.29) is 0 Å². The SMILES string of the molecule is CC.CC.CC.CCN1CC2(CC(NC)C2)C1. The van der Waals surface area contributed by atoms with E-state index in [0.29, 0.717) is 0 Å². The van der Waals surface area contributed by atoms with Crippen molar-refractivity contribution < 1.29 is 0 Å². The number of nitrogens with zero attached hydrogens (tertiary/aromatic N) is 1. The summed E-state index contributed by atoms with van der Waals surface area (Å²) in [4.78, 5) is 2.53. The summed E-state index contributed by atoms with van der Waals surface area (Å²) in [6.45, 7) is 18.2. The van der Waals surface area contributed by atoms with Gasteiger partial charge in [0.05, 0.1) is 0 Å². The summed E-state index contributed by atoms with van der Waals surface area (Å²) in [6.07, 6.45) is 2.83. The monoisotopic (exact) mass is 244 g/mol. The normalized spacial score (nSPS) is 20.5. The predicted octanol–water partition coefficient (Wildman–Crippen LogP) is 3.77. The van der Waals surface area contributed by atoms with Crippen molar-refractivity contribution in [2.24, 2.45) is 5.41 Å². The van der Waals surface area contributed by atoms with Gasteiger partial charge in [0.25, 0.3) is 0 Å². The van der Waals surface area contributed by atoms with Crippen LogP contribution in [-0.2, 0) is 0 Å². The molecule has 0 radical (unpaired) electrons. The van der Waals surface area contributed by atoms with Crippen LogP contribution in [0.1, 0.15) is 61.3 Å². The molecule has 1 aliphatic heterocycles. The molecule has 0 unspecified atom stereocenters. The molecule has 0 bridgehead atoms. The Morgan fingerprint density at radius 3 is 1.71 bits per heavy atom. The first-order chi connectivity index (χ1) is 8.28. The Labute approximate surface area is 110 Å². The molecule has 2 rings (SSSR count). The maximum atomic E-state index is 3.34. The highest BCUT2D eigenvalue weighted by atomic mass is 15.2. The highest BCUT2D eigenvalue weighted by Gasteiger charge is 2.50. The molecule has 1 spiro atoms. The van der Waals surface area contributed by atoms with Crippen LogP contribution < -0.4 is 5.32 Å². The Morgan fingerprint density at radius 1 is 1.00 bits per heavy atom. The Bertz CT molecular complexity index is 123. The van der Waals surface area contributed by atoms with E-state index in [1.165, 1.54) is 32.5 Å². The molecule has 106 valence electrons. The average Bonchev–Trinajstić information content (AvgIpc) is 2.34. The van der Waals surface area contributed by atoms with Crippen molar-refractivity contribution in [2.45, 2.75) is 67.3 Å². The first-order valence-electron chi connectivity index (χ1n) is 7.68. The fraction of sp³-hybridized carbons (Fsp3) is 1.00. The zero-order valence-electron chi connectivity index (χ0n) is 13.6. The summed E-state index contributed by atoms with van der Waals surface area (Å²) in [6, 6.07) is 0.828. The third-order valence-electron chi connectivity index (χ3n) is 3.33. The van der Waals surface area contributed by atoms with Crippen molar-refractivity contribution in [3.8, 4) is 0 Å². The molecule has 0 aromatic heterocycles. The van der Waals surface area contributed by atoms with Gasteiger partial charge in [-0.3, -0.25) is 0 Å². The lowest BCUT2D eigenvalue weighted by Gasteiger charge is -2.59. The van der Waals surface area contributed by atoms with Crippen LogP contribution in [0.3, 0.4) is 0 Å². The van der Waals surface area contributed by atoms with E-state index >= 15 is 0 Å². The van der Waals surface area contributed by atoms with Crippen molar-refractivity contribution in [1.29, 1.82) is 0 Å². The minimum Gasteiger partial charge on any atom is -0.317 e. The Balaban J connectivity index is 0. The molecule has 1 saturated carbocycles. The minimum absolute atomic E-state index is 0.754. The van der Waals surface area contributed by atoms with Gasteiger partial charge in [0.15, 0.2) is 0 Å². The summed E-state index contributed by atoms with van der Waals surface area (Å²) in [5.41, 5.74) is 0.754. The van der Waals surface area contributed by atoms with E-state index in [9.17, 15) is 0 Å². The summed E-state index contributed by atoms with van der Waals surface area (Å²) >= 11 is 0. The average molecular weight is 244 g/mol. The van der Waals surface area contributed by atoms with Crippen molar-refractivity contribution in [1.82, 2.24) is 10.2 Å². The number of nitrogens with one attached hydrogen (secondary N) is 1. The second kappa shape index (κ2) is 11.0. The van der Waals surface area contributed by atoms with Crippen LogP contribution in [0.4, 0.5) is 0 Å². The van der Waals surface area contributed by atoms with E-state index in [4.69, 9.17) is 0 Å². The van der Waals surface area contributed by atoms with Crippen molar-refractivity contribution in [3.05, 3.63) is 0 Å². The lowest BCUT2D eigenvalue weighted by Crippen LogP contribution is -2.65. The molecule has 0 amide bonds. The van der Waals surface area contributed by atoms with Gasteiger partial charge in [0.1, 0.15) is 0 Å². The summed E-state index contributed by atoms with van der Waals surface area (Å²) in [5.74, 6) is 0. The van der Waals surface area contributed by atoms with E-state index in [1.54, 1.807) is 0 Å². The standard InChI is InChI=1S/C9H18N2.3C2H6/c1-3-11-6-9(7-11)4-8(5-9)10-2;3*1-2/h8,10H,3-7H2,1-2H3;3*1-2H3. The van der Waals surface area contributed by atoms with Gasteiger partial charge in [-0.25, -0.2) is 0 Å². The highest BCUT2D eigenvalue weighted by molar-refractivity contribution is 5.06. The molecule has 1 aliphatic carbocycles. The Morgan fingerprint density at radius 2 is 1.41 bits per heavy atom. The van der Waals surface area contributed by atoms with Gasteiger partial charge in [-0.05, 0) is 31.8 Å². The fourth-order valence-corrected chi connectivity index (χ4v) is 2.57.